The summed E-state index contributed by atoms with van der Waals surface area (Å²) < 4.78 is 43.2. The first kappa shape index (κ1) is 24.6. The van der Waals surface area contributed by atoms with Crippen molar-refractivity contribution in [2.45, 2.75) is 39.2 Å². The summed E-state index contributed by atoms with van der Waals surface area (Å²) in [4.78, 5) is 24.4. The van der Waals surface area contributed by atoms with Gasteiger partial charge in [0.25, 0.3) is 5.92 Å². The second-order valence-electron chi connectivity index (χ2n) is 8.96. The molecule has 1 saturated heterocycles. The number of anilines is 3. The number of hydrogen-bond donors (Lipinski definition) is 2. The third-order valence-corrected chi connectivity index (χ3v) is 6.05. The molecule has 4 aromatic rings. The Morgan fingerprint density at radius 3 is 2.78 bits per heavy atom. The highest BCUT2D eigenvalue weighted by atomic mass is 19.3. The number of pyridine rings is 2. The van der Waals surface area contributed by atoms with Crippen LogP contribution < -0.4 is 15.4 Å². The zero-order valence-electron chi connectivity index (χ0n) is 20.7. The molecular weight excluding hydrogens is 486 g/mol. The number of imidazole rings is 1. The van der Waals surface area contributed by atoms with Crippen LogP contribution in [0.1, 0.15) is 37.6 Å². The van der Waals surface area contributed by atoms with E-state index in [0.29, 0.717) is 54.1 Å². The van der Waals surface area contributed by atoms with Crippen molar-refractivity contribution >= 4 is 34.7 Å². The average Bonchev–Trinajstić information content (AvgIpc) is 3.55. The van der Waals surface area contributed by atoms with E-state index in [4.69, 9.17) is 9.47 Å². The van der Waals surface area contributed by atoms with Crippen LogP contribution in [0.2, 0.25) is 0 Å². The zero-order valence-corrected chi connectivity index (χ0v) is 20.7. The number of rotatable bonds is 7. The van der Waals surface area contributed by atoms with Gasteiger partial charge in [0.2, 0.25) is 11.9 Å². The molecule has 2 N–H and O–H groups in total. The third-order valence-electron chi connectivity index (χ3n) is 6.05. The number of hydrogen-bond acceptors (Lipinski definition) is 8. The van der Waals surface area contributed by atoms with E-state index in [1.165, 1.54) is 23.9 Å². The quantitative estimate of drug-likeness (QED) is 0.373. The molecule has 1 aliphatic heterocycles. The topological polar surface area (TPSA) is 121 Å². The molecule has 0 spiro atoms. The summed E-state index contributed by atoms with van der Waals surface area (Å²) >= 11 is 0. The average molecular weight is 513 g/mol. The van der Waals surface area contributed by atoms with E-state index >= 15 is 0 Å². The number of carbonyl (C=O) groups excluding carboxylic acids is 1. The summed E-state index contributed by atoms with van der Waals surface area (Å²) in [5.74, 6) is -1.35. The van der Waals surface area contributed by atoms with Gasteiger partial charge in [0.05, 0.1) is 24.4 Å². The molecule has 0 aliphatic carbocycles. The van der Waals surface area contributed by atoms with Gasteiger partial charge in [0, 0.05) is 51.4 Å². The van der Waals surface area contributed by atoms with E-state index in [1.807, 2.05) is 6.92 Å². The smallest absolute Gasteiger partial charge is 0.286 e. The lowest BCUT2D eigenvalue weighted by molar-refractivity contribution is -0.114. The largest absolute Gasteiger partial charge is 0.455 e. The molecule has 194 valence electrons. The van der Waals surface area contributed by atoms with Gasteiger partial charge < -0.3 is 24.7 Å². The minimum atomic E-state index is -3.07. The minimum Gasteiger partial charge on any atom is -0.455 e. The Bertz CT molecular complexity index is 1470. The molecule has 0 saturated carbocycles. The molecule has 5 rings (SSSR count). The van der Waals surface area contributed by atoms with Crippen molar-refractivity contribution in [3.05, 3.63) is 41.9 Å². The first-order valence-corrected chi connectivity index (χ1v) is 11.7. The highest BCUT2D eigenvalue weighted by Gasteiger charge is 2.34. The maximum Gasteiger partial charge on any atom is 0.286 e. The van der Waals surface area contributed by atoms with Gasteiger partial charge in [-0.3, -0.25) is 9.48 Å². The van der Waals surface area contributed by atoms with E-state index in [-0.39, 0.29) is 23.5 Å². The van der Waals surface area contributed by atoms with Crippen molar-refractivity contribution < 1.29 is 23.0 Å². The Morgan fingerprint density at radius 2 is 2.08 bits per heavy atom. The molecule has 11 nitrogen and oxygen atoms in total. The molecule has 0 aromatic carbocycles. The summed E-state index contributed by atoms with van der Waals surface area (Å²) in [6.45, 7) is 4.97. The van der Waals surface area contributed by atoms with Gasteiger partial charge in [0.15, 0.2) is 17.2 Å². The van der Waals surface area contributed by atoms with Crippen LogP contribution in [0, 0.1) is 6.92 Å². The van der Waals surface area contributed by atoms with E-state index in [0.717, 1.165) is 12.5 Å². The molecule has 1 amide bonds. The highest BCUT2D eigenvalue weighted by Crippen LogP contribution is 2.35. The van der Waals surface area contributed by atoms with Crippen LogP contribution in [0.5, 0.6) is 11.5 Å². The van der Waals surface area contributed by atoms with E-state index < -0.39 is 5.92 Å². The van der Waals surface area contributed by atoms with Gasteiger partial charge in [-0.15, -0.1) is 0 Å². The molecular formula is C24H26F2N8O3. The Kier molecular flexibility index (Phi) is 6.23. The molecule has 0 radical (unpaired) electrons. The number of nitrogens with zero attached hydrogens (tertiary/aromatic N) is 6. The van der Waals surface area contributed by atoms with Crippen molar-refractivity contribution in [3.8, 4) is 11.5 Å². The van der Waals surface area contributed by atoms with Crippen LogP contribution in [0.25, 0.3) is 11.2 Å². The monoisotopic (exact) mass is 512 g/mol. The molecule has 0 unspecified atom stereocenters. The number of nitrogens with one attached hydrogen (secondary N) is 2. The molecule has 13 heteroatoms. The number of aryl methyl sites for hydroxylation is 2. The number of aromatic nitrogens is 6. The van der Waals surface area contributed by atoms with Crippen LogP contribution in [-0.2, 0) is 22.5 Å². The van der Waals surface area contributed by atoms with E-state index in [1.54, 1.807) is 29.9 Å². The van der Waals surface area contributed by atoms with E-state index in [9.17, 15) is 13.6 Å². The number of halogens is 2. The number of ether oxygens (including phenoxy) is 2. The Hall–Kier alpha value is -4.13. The van der Waals surface area contributed by atoms with Gasteiger partial charge in [-0.25, -0.2) is 9.97 Å². The fourth-order valence-electron chi connectivity index (χ4n) is 4.28. The van der Waals surface area contributed by atoms with E-state index in [2.05, 4.69) is 30.7 Å². The second kappa shape index (κ2) is 9.39. The zero-order chi connectivity index (χ0) is 26.3. The molecule has 4 aromatic heterocycles. The van der Waals surface area contributed by atoms with Crippen LogP contribution in [0.3, 0.4) is 0 Å². The van der Waals surface area contributed by atoms with Crippen molar-refractivity contribution in [2.75, 3.05) is 23.8 Å². The fraction of sp³-hybridized carbons (Fsp3) is 0.375. The summed E-state index contributed by atoms with van der Waals surface area (Å²) in [7, 11) is 1.79. The van der Waals surface area contributed by atoms with Crippen LogP contribution >= 0.6 is 0 Å². The second-order valence-corrected chi connectivity index (χ2v) is 8.96. The number of amides is 1. The summed E-state index contributed by atoms with van der Waals surface area (Å²) in [5.41, 5.74) is 1.72. The SMILES string of the molecule is CC(=O)Nc1cc(Oc2cnc3nc(Nc4cc(C(C)(F)F)n([C@H]5CCOC5)n4)n(C)c3c2C)ccn1. The van der Waals surface area contributed by atoms with Crippen molar-refractivity contribution in [1.82, 2.24) is 29.3 Å². The minimum absolute atomic E-state index is 0.190. The molecule has 37 heavy (non-hydrogen) atoms. The van der Waals surface area contributed by atoms with Gasteiger partial charge in [-0.05, 0) is 19.4 Å². The predicted molar refractivity (Wildman–Crippen MR) is 131 cm³/mol. The number of fused-ring (bicyclic) bond motifs is 1. The lowest BCUT2D eigenvalue weighted by Gasteiger charge is -2.16. The van der Waals surface area contributed by atoms with Gasteiger partial charge in [-0.2, -0.15) is 18.9 Å². The molecule has 0 bridgehead atoms. The van der Waals surface area contributed by atoms with Crippen LogP contribution in [0.4, 0.5) is 26.4 Å². The van der Waals surface area contributed by atoms with Crippen molar-refractivity contribution in [2.24, 2.45) is 7.05 Å². The summed E-state index contributed by atoms with van der Waals surface area (Å²) in [6, 6.07) is 4.36. The number of alkyl halides is 2. The van der Waals surface area contributed by atoms with Crippen molar-refractivity contribution in [3.63, 3.8) is 0 Å². The van der Waals surface area contributed by atoms with Crippen LogP contribution in [0.15, 0.2) is 30.6 Å². The lowest BCUT2D eigenvalue weighted by Crippen LogP contribution is -2.20. The lowest BCUT2D eigenvalue weighted by atomic mass is 10.2. The fourth-order valence-corrected chi connectivity index (χ4v) is 4.28. The van der Waals surface area contributed by atoms with Gasteiger partial charge >= 0.3 is 0 Å². The van der Waals surface area contributed by atoms with Gasteiger partial charge in [0.1, 0.15) is 17.3 Å². The standard InChI is InChI=1S/C24H26F2N8O3/c1-13-17(37-16-5-7-27-19(9-16)29-14(2)35)11-28-22-21(13)33(4)23(31-22)30-20-10-18(24(3,25)26)34(32-20)15-6-8-36-12-15/h5,7,9-11,15H,6,8,12H2,1-4H3,(H,27,29,35)(H,28,30,31,32)/t15-/m0/s1. The Morgan fingerprint density at radius 1 is 1.27 bits per heavy atom. The maximum absolute atomic E-state index is 14.3. The third kappa shape index (κ3) is 4.94. The number of carbonyl (C=O) groups is 1. The first-order chi connectivity index (χ1) is 17.6. The summed E-state index contributed by atoms with van der Waals surface area (Å²) in [5, 5.41) is 10.1. The maximum atomic E-state index is 14.3. The molecule has 5 heterocycles. The van der Waals surface area contributed by atoms with Crippen molar-refractivity contribution in [1.29, 1.82) is 0 Å². The predicted octanol–water partition coefficient (Wildman–Crippen LogP) is 4.44. The normalized spacial score (nSPS) is 15.8. The molecule has 1 atom stereocenters. The molecule has 1 fully saturated rings. The first-order valence-electron chi connectivity index (χ1n) is 11.7. The van der Waals surface area contributed by atoms with Gasteiger partial charge in [-0.1, -0.05) is 0 Å². The van der Waals surface area contributed by atoms with Crippen LogP contribution in [-0.4, -0.2) is 48.4 Å². The Labute approximate surface area is 210 Å². The highest BCUT2D eigenvalue weighted by molar-refractivity contribution is 5.87. The molecule has 1 aliphatic rings. The summed E-state index contributed by atoms with van der Waals surface area (Å²) in [6.07, 6.45) is 3.70. The Balaban J connectivity index is 1.44.